The van der Waals surface area contributed by atoms with Gasteiger partial charge in [-0.15, -0.1) is 0 Å². The number of hydrogen-bond acceptors (Lipinski definition) is 2. The molecule has 21 heavy (non-hydrogen) atoms. The van der Waals surface area contributed by atoms with Crippen LogP contribution in [0.4, 0.5) is 5.69 Å². The van der Waals surface area contributed by atoms with Gasteiger partial charge in [0, 0.05) is 18.8 Å². The molecular weight excluding hydrogens is 262 g/mol. The standard InChI is InChI=1S/C18H19NO2/c1-12-7-13(2)9-14(8-12)11-19-6-5-15-3-4-16(18(20)21)10-17(15)19/h3-4,7-10H,5-6,11H2,1-2H3,(H,20,21). The molecule has 2 aromatic rings. The van der Waals surface area contributed by atoms with E-state index < -0.39 is 5.97 Å². The van der Waals surface area contributed by atoms with Gasteiger partial charge in [0.1, 0.15) is 0 Å². The summed E-state index contributed by atoms with van der Waals surface area (Å²) in [5, 5.41) is 9.15. The van der Waals surface area contributed by atoms with Crippen molar-refractivity contribution < 1.29 is 9.90 Å². The number of fused-ring (bicyclic) bond motifs is 1. The zero-order valence-electron chi connectivity index (χ0n) is 12.4. The minimum Gasteiger partial charge on any atom is -0.478 e. The lowest BCUT2D eigenvalue weighted by atomic mass is 10.1. The van der Waals surface area contributed by atoms with Gasteiger partial charge in [0.25, 0.3) is 0 Å². The Morgan fingerprint density at radius 3 is 2.52 bits per heavy atom. The molecule has 2 aromatic carbocycles. The van der Waals surface area contributed by atoms with E-state index in [9.17, 15) is 4.79 Å². The fourth-order valence-corrected chi connectivity index (χ4v) is 3.12. The third-order valence-corrected chi connectivity index (χ3v) is 3.98. The van der Waals surface area contributed by atoms with Crippen molar-refractivity contribution in [2.45, 2.75) is 26.8 Å². The maximum Gasteiger partial charge on any atom is 0.335 e. The topological polar surface area (TPSA) is 40.5 Å². The lowest BCUT2D eigenvalue weighted by Gasteiger charge is -2.20. The lowest BCUT2D eigenvalue weighted by Crippen LogP contribution is -2.20. The van der Waals surface area contributed by atoms with Crippen LogP contribution in [0.5, 0.6) is 0 Å². The second-order valence-electron chi connectivity index (χ2n) is 5.82. The van der Waals surface area contributed by atoms with Crippen LogP contribution in [0, 0.1) is 13.8 Å². The fourth-order valence-electron chi connectivity index (χ4n) is 3.12. The van der Waals surface area contributed by atoms with Crippen molar-refractivity contribution in [1.82, 2.24) is 0 Å². The highest BCUT2D eigenvalue weighted by molar-refractivity contribution is 5.89. The van der Waals surface area contributed by atoms with Crippen LogP contribution in [-0.4, -0.2) is 17.6 Å². The van der Waals surface area contributed by atoms with Crippen LogP contribution in [-0.2, 0) is 13.0 Å². The fraction of sp³-hybridized carbons (Fsp3) is 0.278. The van der Waals surface area contributed by atoms with Gasteiger partial charge in [-0.1, -0.05) is 35.4 Å². The first-order valence-electron chi connectivity index (χ1n) is 7.21. The first-order chi connectivity index (χ1) is 10.0. The Morgan fingerprint density at radius 2 is 1.86 bits per heavy atom. The van der Waals surface area contributed by atoms with Gasteiger partial charge in [0.2, 0.25) is 0 Å². The van der Waals surface area contributed by atoms with Crippen LogP contribution in [0.3, 0.4) is 0 Å². The molecule has 0 radical (unpaired) electrons. The lowest BCUT2D eigenvalue weighted by molar-refractivity contribution is 0.0697. The average Bonchev–Trinajstić information content (AvgIpc) is 2.80. The molecule has 1 N–H and O–H groups in total. The van der Waals surface area contributed by atoms with Gasteiger partial charge in [-0.2, -0.15) is 0 Å². The van der Waals surface area contributed by atoms with E-state index >= 15 is 0 Å². The number of rotatable bonds is 3. The summed E-state index contributed by atoms with van der Waals surface area (Å²) in [6.07, 6.45) is 0.986. The minimum atomic E-state index is -0.865. The number of carboxylic acids is 1. The first-order valence-corrected chi connectivity index (χ1v) is 7.21. The van der Waals surface area contributed by atoms with Crippen molar-refractivity contribution in [1.29, 1.82) is 0 Å². The van der Waals surface area contributed by atoms with E-state index in [1.54, 1.807) is 12.1 Å². The number of aromatic carboxylic acids is 1. The van der Waals surface area contributed by atoms with Crippen LogP contribution >= 0.6 is 0 Å². The second-order valence-corrected chi connectivity index (χ2v) is 5.82. The second kappa shape index (κ2) is 5.24. The van der Waals surface area contributed by atoms with Gasteiger partial charge in [-0.3, -0.25) is 0 Å². The number of carboxylic acid groups (broad SMARTS) is 1. The smallest absolute Gasteiger partial charge is 0.335 e. The molecule has 0 spiro atoms. The third kappa shape index (κ3) is 2.77. The minimum absolute atomic E-state index is 0.362. The van der Waals surface area contributed by atoms with E-state index in [-0.39, 0.29) is 0 Å². The summed E-state index contributed by atoms with van der Waals surface area (Å²) in [4.78, 5) is 13.4. The summed E-state index contributed by atoms with van der Waals surface area (Å²) in [5.74, 6) is -0.865. The van der Waals surface area contributed by atoms with Crippen molar-refractivity contribution in [2.75, 3.05) is 11.4 Å². The molecule has 0 aromatic heterocycles. The molecule has 0 aliphatic carbocycles. The molecule has 3 rings (SSSR count). The molecule has 0 amide bonds. The molecule has 0 atom stereocenters. The molecule has 0 saturated carbocycles. The Kier molecular flexibility index (Phi) is 3.42. The van der Waals surface area contributed by atoms with Gasteiger partial charge in [0.15, 0.2) is 0 Å². The molecule has 0 bridgehead atoms. The van der Waals surface area contributed by atoms with Gasteiger partial charge in [-0.25, -0.2) is 4.79 Å². The zero-order chi connectivity index (χ0) is 15.0. The summed E-state index contributed by atoms with van der Waals surface area (Å²) < 4.78 is 0. The largest absolute Gasteiger partial charge is 0.478 e. The van der Waals surface area contributed by atoms with Crippen molar-refractivity contribution in [2.24, 2.45) is 0 Å². The Morgan fingerprint density at radius 1 is 1.14 bits per heavy atom. The summed E-state index contributed by atoms with van der Waals surface area (Å²) in [6, 6.07) is 12.0. The Balaban J connectivity index is 1.89. The van der Waals surface area contributed by atoms with E-state index in [2.05, 4.69) is 36.9 Å². The maximum absolute atomic E-state index is 11.1. The van der Waals surface area contributed by atoms with Gasteiger partial charge < -0.3 is 10.0 Å². The van der Waals surface area contributed by atoms with E-state index in [4.69, 9.17) is 5.11 Å². The van der Waals surface area contributed by atoms with E-state index in [1.165, 1.54) is 22.3 Å². The van der Waals surface area contributed by atoms with Gasteiger partial charge in [-0.05, 0) is 43.5 Å². The molecular formula is C18H19NO2. The zero-order valence-corrected chi connectivity index (χ0v) is 12.4. The monoisotopic (exact) mass is 281 g/mol. The van der Waals surface area contributed by atoms with Crippen LogP contribution < -0.4 is 4.90 Å². The SMILES string of the molecule is Cc1cc(C)cc(CN2CCc3ccc(C(=O)O)cc32)c1. The van der Waals surface area contributed by atoms with Crippen molar-refractivity contribution in [3.05, 3.63) is 64.2 Å². The maximum atomic E-state index is 11.1. The highest BCUT2D eigenvalue weighted by Crippen LogP contribution is 2.30. The molecule has 1 aliphatic heterocycles. The number of carbonyl (C=O) groups is 1. The highest BCUT2D eigenvalue weighted by Gasteiger charge is 2.20. The number of hydrogen-bond donors (Lipinski definition) is 1. The van der Waals surface area contributed by atoms with Crippen LogP contribution in [0.25, 0.3) is 0 Å². The summed E-state index contributed by atoms with van der Waals surface area (Å²) >= 11 is 0. The first kappa shape index (κ1) is 13.7. The molecule has 1 heterocycles. The van der Waals surface area contributed by atoms with Crippen LogP contribution in [0.2, 0.25) is 0 Å². The van der Waals surface area contributed by atoms with Crippen molar-refractivity contribution in [3.8, 4) is 0 Å². The molecule has 0 unspecified atom stereocenters. The quantitative estimate of drug-likeness (QED) is 0.935. The normalized spacial score (nSPS) is 13.3. The Labute approximate surface area is 124 Å². The molecule has 3 nitrogen and oxygen atoms in total. The summed E-state index contributed by atoms with van der Waals surface area (Å²) in [5.41, 5.74) is 6.48. The van der Waals surface area contributed by atoms with Gasteiger partial charge >= 0.3 is 5.97 Å². The Bertz CT molecular complexity index is 686. The van der Waals surface area contributed by atoms with Gasteiger partial charge in [0.05, 0.1) is 5.56 Å². The summed E-state index contributed by atoms with van der Waals surface area (Å²) in [7, 11) is 0. The van der Waals surface area contributed by atoms with Crippen molar-refractivity contribution >= 4 is 11.7 Å². The van der Waals surface area contributed by atoms with Crippen LogP contribution in [0.1, 0.15) is 32.6 Å². The number of nitrogens with zero attached hydrogens (tertiary/aromatic N) is 1. The number of aryl methyl sites for hydroxylation is 2. The van der Waals surface area contributed by atoms with Crippen LogP contribution in [0.15, 0.2) is 36.4 Å². The van der Waals surface area contributed by atoms with E-state index in [0.717, 1.165) is 25.2 Å². The molecule has 0 fully saturated rings. The Hall–Kier alpha value is -2.29. The predicted molar refractivity (Wildman–Crippen MR) is 84.1 cm³/mol. The number of benzene rings is 2. The molecule has 108 valence electrons. The van der Waals surface area contributed by atoms with E-state index in [0.29, 0.717) is 5.56 Å². The highest BCUT2D eigenvalue weighted by atomic mass is 16.4. The average molecular weight is 281 g/mol. The third-order valence-electron chi connectivity index (χ3n) is 3.98. The predicted octanol–water partition coefficient (Wildman–Crippen LogP) is 3.56. The molecule has 1 aliphatic rings. The number of anilines is 1. The molecule has 3 heteroatoms. The van der Waals surface area contributed by atoms with Crippen molar-refractivity contribution in [3.63, 3.8) is 0 Å². The summed E-state index contributed by atoms with van der Waals surface area (Å²) in [6.45, 7) is 6.00. The van der Waals surface area contributed by atoms with E-state index in [1.807, 2.05) is 6.07 Å². The molecule has 0 saturated heterocycles.